The Kier molecular flexibility index (Phi) is 8.01. The van der Waals surface area contributed by atoms with Crippen molar-refractivity contribution >= 4 is 45.1 Å². The third kappa shape index (κ3) is 6.70. The Morgan fingerprint density at radius 3 is 2.39 bits per heavy atom. The normalized spacial score (nSPS) is 10.1. The van der Waals surface area contributed by atoms with Crippen LogP contribution in [-0.2, 0) is 19.1 Å². The van der Waals surface area contributed by atoms with E-state index in [-0.39, 0.29) is 18.7 Å². The van der Waals surface area contributed by atoms with E-state index in [0.29, 0.717) is 17.1 Å². The second kappa shape index (κ2) is 10.5. The van der Waals surface area contributed by atoms with Crippen molar-refractivity contribution < 1.29 is 23.9 Å². The molecule has 0 aliphatic heterocycles. The minimum atomic E-state index is -0.627. The molecule has 0 fully saturated rings. The summed E-state index contributed by atoms with van der Waals surface area (Å²) < 4.78 is 11.0. The first-order valence-corrected chi connectivity index (χ1v) is 9.33. The van der Waals surface area contributed by atoms with Crippen LogP contribution in [0.2, 0.25) is 0 Å². The van der Waals surface area contributed by atoms with Crippen LogP contribution < -0.4 is 15.4 Å². The SMILES string of the molecule is COc1ccccc1NC(=O)COC(=O)CCC(=O)Nc1ccc(Br)cc1C. The maximum absolute atomic E-state index is 12.0. The molecule has 0 atom stereocenters. The van der Waals surface area contributed by atoms with E-state index < -0.39 is 18.5 Å². The van der Waals surface area contributed by atoms with Crippen LogP contribution in [0.25, 0.3) is 0 Å². The number of nitrogens with one attached hydrogen (secondary N) is 2. The van der Waals surface area contributed by atoms with Gasteiger partial charge in [0.2, 0.25) is 5.91 Å². The Morgan fingerprint density at radius 2 is 1.68 bits per heavy atom. The molecule has 2 amide bonds. The number of methoxy groups -OCH3 is 1. The highest BCUT2D eigenvalue weighted by molar-refractivity contribution is 9.10. The monoisotopic (exact) mass is 448 g/mol. The molecule has 2 aromatic carbocycles. The molecule has 0 heterocycles. The molecule has 2 N–H and O–H groups in total. The number of esters is 1. The fourth-order valence-corrected chi connectivity index (χ4v) is 2.82. The molecular formula is C20H21BrN2O5. The summed E-state index contributed by atoms with van der Waals surface area (Å²) in [4.78, 5) is 35.7. The van der Waals surface area contributed by atoms with Crippen LogP contribution >= 0.6 is 15.9 Å². The Morgan fingerprint density at radius 1 is 0.964 bits per heavy atom. The van der Waals surface area contributed by atoms with Gasteiger partial charge in [-0.15, -0.1) is 0 Å². The van der Waals surface area contributed by atoms with Gasteiger partial charge >= 0.3 is 5.97 Å². The van der Waals surface area contributed by atoms with E-state index in [0.717, 1.165) is 10.0 Å². The lowest BCUT2D eigenvalue weighted by Gasteiger charge is -2.10. The molecule has 7 nitrogen and oxygen atoms in total. The molecule has 28 heavy (non-hydrogen) atoms. The van der Waals surface area contributed by atoms with Gasteiger partial charge < -0.3 is 20.1 Å². The molecule has 0 unspecified atom stereocenters. The number of hydrogen-bond acceptors (Lipinski definition) is 5. The number of amides is 2. The fraction of sp³-hybridized carbons (Fsp3) is 0.250. The maximum atomic E-state index is 12.0. The lowest BCUT2D eigenvalue weighted by molar-refractivity contribution is -0.147. The molecule has 2 aromatic rings. The van der Waals surface area contributed by atoms with Crippen molar-refractivity contribution in [3.63, 3.8) is 0 Å². The van der Waals surface area contributed by atoms with E-state index >= 15 is 0 Å². The first-order chi connectivity index (χ1) is 13.4. The third-order valence-corrected chi connectivity index (χ3v) is 4.26. The summed E-state index contributed by atoms with van der Waals surface area (Å²) in [5, 5.41) is 5.34. The second-order valence-electron chi connectivity index (χ2n) is 5.92. The summed E-state index contributed by atoms with van der Waals surface area (Å²) in [7, 11) is 1.49. The molecule has 2 rings (SSSR count). The molecule has 0 bridgehead atoms. The molecule has 0 aliphatic carbocycles. The van der Waals surface area contributed by atoms with Crippen molar-refractivity contribution in [2.45, 2.75) is 19.8 Å². The Balaban J connectivity index is 1.73. The van der Waals surface area contributed by atoms with E-state index in [1.807, 2.05) is 19.1 Å². The fourth-order valence-electron chi connectivity index (χ4n) is 2.35. The molecule has 0 saturated carbocycles. The highest BCUT2D eigenvalue weighted by Gasteiger charge is 2.12. The lowest BCUT2D eigenvalue weighted by Crippen LogP contribution is -2.22. The number of carbonyl (C=O) groups excluding carboxylic acids is 3. The third-order valence-electron chi connectivity index (χ3n) is 3.76. The van der Waals surface area contributed by atoms with Crippen LogP contribution in [0.4, 0.5) is 11.4 Å². The number of hydrogen-bond donors (Lipinski definition) is 2. The van der Waals surface area contributed by atoms with E-state index in [9.17, 15) is 14.4 Å². The van der Waals surface area contributed by atoms with Crippen molar-refractivity contribution in [3.8, 4) is 5.75 Å². The summed E-state index contributed by atoms with van der Waals surface area (Å²) in [6.45, 7) is 1.43. The number of benzene rings is 2. The van der Waals surface area contributed by atoms with Crippen molar-refractivity contribution in [1.29, 1.82) is 0 Å². The van der Waals surface area contributed by atoms with Gasteiger partial charge in [-0.1, -0.05) is 28.1 Å². The summed E-state index contributed by atoms with van der Waals surface area (Å²) in [5.74, 6) is -0.923. The quantitative estimate of drug-likeness (QED) is 0.600. The van der Waals surface area contributed by atoms with Gasteiger partial charge in [-0.2, -0.15) is 0 Å². The van der Waals surface area contributed by atoms with E-state index in [4.69, 9.17) is 9.47 Å². The van der Waals surface area contributed by atoms with Gasteiger partial charge in [0.1, 0.15) is 5.75 Å². The molecule has 0 aliphatic rings. The standard InChI is InChI=1S/C20H21BrN2O5/c1-13-11-14(21)7-8-15(13)22-18(24)9-10-20(26)28-12-19(25)23-16-5-3-4-6-17(16)27-2/h3-8,11H,9-10,12H2,1-2H3,(H,22,24)(H,23,25). The average Bonchev–Trinajstić information content (AvgIpc) is 2.67. The summed E-state index contributed by atoms with van der Waals surface area (Å²) in [6.07, 6.45) is -0.161. The van der Waals surface area contributed by atoms with Crippen molar-refractivity contribution in [2.24, 2.45) is 0 Å². The van der Waals surface area contributed by atoms with Gasteiger partial charge in [-0.05, 0) is 42.8 Å². The minimum absolute atomic E-state index is 0.0392. The Hall–Kier alpha value is -2.87. The van der Waals surface area contributed by atoms with Gasteiger partial charge in [-0.3, -0.25) is 14.4 Å². The van der Waals surface area contributed by atoms with Crippen LogP contribution in [0.3, 0.4) is 0 Å². The molecular weight excluding hydrogens is 428 g/mol. The van der Waals surface area contributed by atoms with Gasteiger partial charge in [0.05, 0.1) is 19.2 Å². The van der Waals surface area contributed by atoms with Crippen LogP contribution in [0.5, 0.6) is 5.75 Å². The van der Waals surface area contributed by atoms with E-state index in [1.54, 1.807) is 30.3 Å². The zero-order valence-corrected chi connectivity index (χ0v) is 17.2. The first kappa shape index (κ1) is 21.4. The number of para-hydroxylation sites is 2. The zero-order chi connectivity index (χ0) is 20.5. The van der Waals surface area contributed by atoms with Crippen LogP contribution in [0.1, 0.15) is 18.4 Å². The predicted octanol–water partition coefficient (Wildman–Crippen LogP) is 3.67. The summed E-state index contributed by atoms with van der Waals surface area (Å²) in [5.41, 5.74) is 2.06. The first-order valence-electron chi connectivity index (χ1n) is 8.53. The van der Waals surface area contributed by atoms with E-state index in [2.05, 4.69) is 26.6 Å². The number of ether oxygens (including phenoxy) is 2. The number of carbonyl (C=O) groups is 3. The smallest absolute Gasteiger partial charge is 0.306 e. The number of anilines is 2. The molecule has 0 aromatic heterocycles. The van der Waals surface area contributed by atoms with E-state index in [1.165, 1.54) is 7.11 Å². The molecule has 8 heteroatoms. The molecule has 0 radical (unpaired) electrons. The van der Waals surface area contributed by atoms with Crippen LogP contribution in [0.15, 0.2) is 46.9 Å². The van der Waals surface area contributed by atoms with Gasteiger partial charge in [0.25, 0.3) is 5.91 Å². The van der Waals surface area contributed by atoms with Crippen molar-refractivity contribution in [3.05, 3.63) is 52.5 Å². The Bertz CT molecular complexity index is 869. The Labute approximate surface area is 171 Å². The predicted molar refractivity (Wildman–Crippen MR) is 109 cm³/mol. The van der Waals surface area contributed by atoms with Crippen molar-refractivity contribution in [1.82, 2.24) is 0 Å². The molecule has 0 saturated heterocycles. The maximum Gasteiger partial charge on any atom is 0.306 e. The molecule has 148 valence electrons. The number of halogens is 1. The largest absolute Gasteiger partial charge is 0.495 e. The van der Waals surface area contributed by atoms with Gasteiger partial charge in [0.15, 0.2) is 6.61 Å². The molecule has 0 spiro atoms. The van der Waals surface area contributed by atoms with Gasteiger partial charge in [0, 0.05) is 16.6 Å². The topological polar surface area (TPSA) is 93.7 Å². The minimum Gasteiger partial charge on any atom is -0.495 e. The number of aryl methyl sites for hydroxylation is 1. The highest BCUT2D eigenvalue weighted by atomic mass is 79.9. The second-order valence-corrected chi connectivity index (χ2v) is 6.83. The summed E-state index contributed by atoms with van der Waals surface area (Å²) >= 11 is 3.36. The lowest BCUT2D eigenvalue weighted by atomic mass is 10.2. The zero-order valence-electron chi connectivity index (χ0n) is 15.6. The van der Waals surface area contributed by atoms with Crippen LogP contribution in [0, 0.1) is 6.92 Å². The average molecular weight is 449 g/mol. The van der Waals surface area contributed by atoms with Crippen LogP contribution in [-0.4, -0.2) is 31.5 Å². The highest BCUT2D eigenvalue weighted by Crippen LogP contribution is 2.23. The van der Waals surface area contributed by atoms with Gasteiger partial charge in [-0.25, -0.2) is 0 Å². The van der Waals surface area contributed by atoms with Crippen molar-refractivity contribution in [2.75, 3.05) is 24.4 Å². The number of rotatable bonds is 8. The summed E-state index contributed by atoms with van der Waals surface area (Å²) in [6, 6.07) is 12.4.